The number of hydrogen-bond donors (Lipinski definition) is 2. The molecule has 3 aromatic rings. The number of aliphatic hydroxyl groups excluding tert-OH is 1. The summed E-state index contributed by atoms with van der Waals surface area (Å²) >= 11 is 5.97. The van der Waals surface area contributed by atoms with Crippen molar-refractivity contribution < 1.29 is 19.4 Å². The molecule has 7 heteroatoms. The van der Waals surface area contributed by atoms with Crippen LogP contribution in [0.2, 0.25) is 5.02 Å². The number of nitrogens with zero attached hydrogens (tertiary/aromatic N) is 1. The number of halogens is 1. The lowest BCUT2D eigenvalue weighted by atomic mass is 10.1. The standard InChI is InChI=1S/C25H29ClN2O4/c1-17-21(16-24(30)27-13-5-3-4-6-14-29)22-15-20(32-2)11-12-23(22)28(17)25(31)18-7-9-19(26)10-8-18/h7-12,15,29H,3-6,13-14,16H2,1-2H3,(H,27,30). The summed E-state index contributed by atoms with van der Waals surface area (Å²) in [7, 11) is 1.59. The molecule has 0 fully saturated rings. The number of amides is 1. The predicted octanol–water partition coefficient (Wildman–Crippen LogP) is 4.51. The molecule has 32 heavy (non-hydrogen) atoms. The summed E-state index contributed by atoms with van der Waals surface area (Å²) in [5.41, 5.74) is 2.78. The van der Waals surface area contributed by atoms with Crippen LogP contribution < -0.4 is 10.1 Å². The van der Waals surface area contributed by atoms with E-state index in [-0.39, 0.29) is 24.8 Å². The van der Waals surface area contributed by atoms with E-state index in [0.29, 0.717) is 22.9 Å². The number of hydrogen-bond acceptors (Lipinski definition) is 4. The number of aromatic nitrogens is 1. The van der Waals surface area contributed by atoms with Gasteiger partial charge in [-0.15, -0.1) is 0 Å². The second-order valence-electron chi connectivity index (χ2n) is 7.76. The van der Waals surface area contributed by atoms with Crippen LogP contribution in [-0.2, 0) is 11.2 Å². The van der Waals surface area contributed by atoms with Gasteiger partial charge in [0.05, 0.1) is 19.0 Å². The molecule has 0 aliphatic rings. The summed E-state index contributed by atoms with van der Waals surface area (Å²) < 4.78 is 7.02. The van der Waals surface area contributed by atoms with E-state index >= 15 is 0 Å². The first kappa shape index (κ1) is 23.8. The fraction of sp³-hybridized carbons (Fsp3) is 0.360. The average molecular weight is 457 g/mol. The molecule has 0 saturated carbocycles. The maximum atomic E-state index is 13.3. The molecule has 0 aliphatic carbocycles. The van der Waals surface area contributed by atoms with Gasteiger partial charge in [-0.1, -0.05) is 24.4 Å². The monoisotopic (exact) mass is 456 g/mol. The van der Waals surface area contributed by atoms with Gasteiger partial charge in [-0.2, -0.15) is 0 Å². The Kier molecular flexibility index (Phi) is 8.31. The largest absolute Gasteiger partial charge is 0.497 e. The summed E-state index contributed by atoms with van der Waals surface area (Å²) in [6.45, 7) is 2.65. The Labute approximate surface area is 193 Å². The first-order valence-corrected chi connectivity index (χ1v) is 11.2. The summed E-state index contributed by atoms with van der Waals surface area (Å²) in [6.07, 6.45) is 3.75. The Morgan fingerprint density at radius 1 is 1.06 bits per heavy atom. The number of unbranched alkanes of at least 4 members (excludes halogenated alkanes) is 3. The van der Waals surface area contributed by atoms with Gasteiger partial charge in [0, 0.05) is 34.8 Å². The Morgan fingerprint density at radius 2 is 1.78 bits per heavy atom. The highest BCUT2D eigenvalue weighted by Gasteiger charge is 2.22. The smallest absolute Gasteiger partial charge is 0.262 e. The number of nitrogens with one attached hydrogen (secondary N) is 1. The third-order valence-electron chi connectivity index (χ3n) is 5.58. The highest BCUT2D eigenvalue weighted by molar-refractivity contribution is 6.30. The predicted molar refractivity (Wildman–Crippen MR) is 127 cm³/mol. The summed E-state index contributed by atoms with van der Waals surface area (Å²) in [4.78, 5) is 26.0. The van der Waals surface area contributed by atoms with Gasteiger partial charge in [0.1, 0.15) is 5.75 Å². The number of ether oxygens (including phenoxy) is 1. The fourth-order valence-corrected chi connectivity index (χ4v) is 3.96. The normalized spacial score (nSPS) is 11.0. The second-order valence-corrected chi connectivity index (χ2v) is 8.20. The van der Waals surface area contributed by atoms with Crippen molar-refractivity contribution in [3.8, 4) is 5.75 Å². The quantitative estimate of drug-likeness (QED) is 0.440. The highest BCUT2D eigenvalue weighted by atomic mass is 35.5. The minimum Gasteiger partial charge on any atom is -0.497 e. The van der Waals surface area contributed by atoms with Gasteiger partial charge in [0.25, 0.3) is 5.91 Å². The van der Waals surface area contributed by atoms with E-state index in [1.165, 1.54) is 0 Å². The lowest BCUT2D eigenvalue weighted by molar-refractivity contribution is -0.120. The average Bonchev–Trinajstić information content (AvgIpc) is 3.06. The first-order chi connectivity index (χ1) is 15.5. The summed E-state index contributed by atoms with van der Waals surface area (Å²) in [6, 6.07) is 12.3. The Morgan fingerprint density at radius 3 is 2.47 bits per heavy atom. The molecule has 0 saturated heterocycles. The molecular formula is C25H29ClN2O4. The van der Waals surface area contributed by atoms with Gasteiger partial charge < -0.3 is 15.2 Å². The van der Waals surface area contributed by atoms with Crippen LogP contribution >= 0.6 is 11.6 Å². The Balaban J connectivity index is 1.87. The van der Waals surface area contributed by atoms with Crippen molar-refractivity contribution in [3.05, 3.63) is 64.3 Å². The third-order valence-corrected chi connectivity index (χ3v) is 5.83. The summed E-state index contributed by atoms with van der Waals surface area (Å²) in [5, 5.41) is 13.2. The molecule has 0 aliphatic heterocycles. The molecule has 0 bridgehead atoms. The SMILES string of the molecule is COc1ccc2c(c1)c(CC(=O)NCCCCCCO)c(C)n2C(=O)c1ccc(Cl)cc1. The molecule has 2 aromatic carbocycles. The lowest BCUT2D eigenvalue weighted by Gasteiger charge is -2.08. The van der Waals surface area contributed by atoms with E-state index in [9.17, 15) is 9.59 Å². The zero-order chi connectivity index (χ0) is 23.1. The van der Waals surface area contributed by atoms with Crippen LogP contribution in [0, 0.1) is 6.92 Å². The van der Waals surface area contributed by atoms with Gasteiger partial charge >= 0.3 is 0 Å². The molecule has 3 rings (SSSR count). The maximum Gasteiger partial charge on any atom is 0.262 e. The topological polar surface area (TPSA) is 80.6 Å². The minimum absolute atomic E-state index is 0.0870. The number of carbonyl (C=O) groups excluding carboxylic acids is 2. The molecule has 1 heterocycles. The van der Waals surface area contributed by atoms with Crippen LogP contribution in [0.25, 0.3) is 10.9 Å². The number of fused-ring (bicyclic) bond motifs is 1. The number of aliphatic hydroxyl groups is 1. The number of methoxy groups -OCH3 is 1. The van der Waals surface area contributed by atoms with Crippen molar-refractivity contribution in [1.29, 1.82) is 0 Å². The van der Waals surface area contributed by atoms with Gasteiger partial charge in [-0.25, -0.2) is 0 Å². The van der Waals surface area contributed by atoms with Crippen molar-refractivity contribution in [2.45, 2.75) is 39.0 Å². The molecule has 0 spiro atoms. The van der Waals surface area contributed by atoms with E-state index < -0.39 is 0 Å². The Hall–Kier alpha value is -2.83. The highest BCUT2D eigenvalue weighted by Crippen LogP contribution is 2.30. The van der Waals surface area contributed by atoms with Crippen LogP contribution in [0.5, 0.6) is 5.75 Å². The van der Waals surface area contributed by atoms with E-state index in [2.05, 4.69) is 5.32 Å². The minimum atomic E-state index is -0.176. The zero-order valence-electron chi connectivity index (χ0n) is 18.5. The third kappa shape index (κ3) is 5.50. The van der Waals surface area contributed by atoms with Gasteiger partial charge in [-0.05, 0) is 67.8 Å². The van der Waals surface area contributed by atoms with E-state index in [1.54, 1.807) is 35.9 Å². The van der Waals surface area contributed by atoms with E-state index in [1.807, 2.05) is 25.1 Å². The van der Waals surface area contributed by atoms with E-state index in [4.69, 9.17) is 21.4 Å². The van der Waals surface area contributed by atoms with Crippen LogP contribution in [0.1, 0.15) is 47.3 Å². The van der Waals surface area contributed by atoms with Gasteiger partial charge in [0.2, 0.25) is 5.91 Å². The Bertz CT molecular complexity index is 1090. The molecule has 0 atom stereocenters. The van der Waals surface area contributed by atoms with Crippen molar-refractivity contribution >= 4 is 34.3 Å². The van der Waals surface area contributed by atoms with Gasteiger partial charge in [0.15, 0.2) is 0 Å². The van der Waals surface area contributed by atoms with Crippen LogP contribution in [-0.4, -0.2) is 41.7 Å². The zero-order valence-corrected chi connectivity index (χ0v) is 19.2. The summed E-state index contributed by atoms with van der Waals surface area (Å²) in [5.74, 6) is 0.403. The van der Waals surface area contributed by atoms with Crippen molar-refractivity contribution in [1.82, 2.24) is 9.88 Å². The second kappa shape index (κ2) is 11.2. The van der Waals surface area contributed by atoms with E-state index in [0.717, 1.165) is 47.8 Å². The van der Waals surface area contributed by atoms with Crippen LogP contribution in [0.15, 0.2) is 42.5 Å². The lowest BCUT2D eigenvalue weighted by Crippen LogP contribution is -2.26. The molecule has 0 unspecified atom stereocenters. The molecule has 1 aromatic heterocycles. The van der Waals surface area contributed by atoms with Crippen molar-refractivity contribution in [3.63, 3.8) is 0 Å². The van der Waals surface area contributed by atoms with Gasteiger partial charge in [-0.3, -0.25) is 14.2 Å². The van der Waals surface area contributed by atoms with Crippen molar-refractivity contribution in [2.24, 2.45) is 0 Å². The maximum absolute atomic E-state index is 13.3. The number of rotatable bonds is 10. The van der Waals surface area contributed by atoms with Crippen LogP contribution in [0.4, 0.5) is 0 Å². The molecule has 2 N–H and O–H groups in total. The fourth-order valence-electron chi connectivity index (χ4n) is 3.84. The van der Waals surface area contributed by atoms with Crippen LogP contribution in [0.3, 0.4) is 0 Å². The number of benzene rings is 2. The number of carbonyl (C=O) groups is 2. The molecule has 1 amide bonds. The van der Waals surface area contributed by atoms with Crippen molar-refractivity contribution in [2.75, 3.05) is 20.3 Å². The molecular weight excluding hydrogens is 428 g/mol. The molecule has 6 nitrogen and oxygen atoms in total. The molecule has 0 radical (unpaired) electrons. The first-order valence-electron chi connectivity index (χ1n) is 10.8. The molecule has 170 valence electrons.